The molecule has 0 saturated heterocycles. The maximum atomic E-state index is 12.9. The lowest BCUT2D eigenvalue weighted by Crippen LogP contribution is -2.36. The van der Waals surface area contributed by atoms with Gasteiger partial charge in [-0.25, -0.2) is 8.42 Å². The van der Waals surface area contributed by atoms with Crippen LogP contribution in [0.2, 0.25) is 0 Å². The van der Waals surface area contributed by atoms with Gasteiger partial charge >= 0.3 is 0 Å². The average molecular weight is 472 g/mol. The fraction of sp³-hybridized carbons (Fsp3) is 0.278. The molecule has 134 valence electrons. The molecule has 25 heavy (non-hydrogen) atoms. The van der Waals surface area contributed by atoms with Crippen LogP contribution in [-0.4, -0.2) is 26.9 Å². The Labute approximate surface area is 162 Å². The van der Waals surface area contributed by atoms with Gasteiger partial charge in [-0.05, 0) is 66.3 Å². The third-order valence-corrected chi connectivity index (χ3v) is 6.23. The molecule has 1 atom stereocenters. The maximum absolute atomic E-state index is 12.9. The van der Waals surface area contributed by atoms with Crippen molar-refractivity contribution in [1.82, 2.24) is 5.32 Å². The van der Waals surface area contributed by atoms with Gasteiger partial charge in [-0.3, -0.25) is 4.79 Å². The Balaban J connectivity index is 2.28. The minimum absolute atomic E-state index is 0.0161. The van der Waals surface area contributed by atoms with Gasteiger partial charge in [-0.15, -0.1) is 0 Å². The Morgan fingerprint density at radius 3 is 2.48 bits per heavy atom. The van der Waals surface area contributed by atoms with Crippen LogP contribution in [0.4, 0.5) is 5.69 Å². The number of hydrogen-bond acceptors (Lipinski definition) is 4. The average Bonchev–Trinajstić information content (AvgIpc) is 2.61. The van der Waals surface area contributed by atoms with Crippen LogP contribution in [-0.2, 0) is 14.6 Å². The summed E-state index contributed by atoms with van der Waals surface area (Å²) in [6.07, 6.45) is 0.836. The summed E-state index contributed by atoms with van der Waals surface area (Å²) in [6, 6.07) is 13.5. The summed E-state index contributed by atoms with van der Waals surface area (Å²) >= 11 is 2.07. The molecule has 0 heterocycles. The summed E-state index contributed by atoms with van der Waals surface area (Å²) in [4.78, 5) is 12.4. The largest absolute Gasteiger partial charge is 0.375 e. The van der Waals surface area contributed by atoms with E-state index in [0.717, 1.165) is 9.99 Å². The minimum Gasteiger partial charge on any atom is -0.375 e. The summed E-state index contributed by atoms with van der Waals surface area (Å²) in [5.74, 6) is -0.170. The molecule has 1 amide bonds. The van der Waals surface area contributed by atoms with Crippen LogP contribution in [0.5, 0.6) is 0 Å². The van der Waals surface area contributed by atoms with E-state index in [2.05, 4.69) is 33.2 Å². The first-order valence-corrected chi connectivity index (χ1v) is 10.5. The van der Waals surface area contributed by atoms with Crippen LogP contribution in [0.1, 0.15) is 20.3 Å². The quantitative estimate of drug-likeness (QED) is 0.606. The highest BCUT2D eigenvalue weighted by Gasteiger charge is 2.22. The number of carbonyl (C=O) groups is 1. The number of amides is 1. The van der Waals surface area contributed by atoms with Gasteiger partial charge in [-0.2, -0.15) is 0 Å². The van der Waals surface area contributed by atoms with E-state index in [1.165, 1.54) is 0 Å². The van der Waals surface area contributed by atoms with Gasteiger partial charge < -0.3 is 10.6 Å². The molecule has 1 unspecified atom stereocenters. The summed E-state index contributed by atoms with van der Waals surface area (Å²) in [6.45, 7) is 3.93. The van der Waals surface area contributed by atoms with Gasteiger partial charge in [-0.1, -0.05) is 25.1 Å². The Morgan fingerprint density at radius 1 is 1.16 bits per heavy atom. The van der Waals surface area contributed by atoms with Crippen molar-refractivity contribution in [2.45, 2.75) is 36.1 Å². The summed E-state index contributed by atoms with van der Waals surface area (Å²) in [5.41, 5.74) is 0.420. The molecule has 5 nitrogen and oxygen atoms in total. The first-order valence-electron chi connectivity index (χ1n) is 7.97. The SMILES string of the molecule is CCC(C)NC(=O)CNc1ccc(I)cc1S(=O)(=O)c1ccccc1. The summed E-state index contributed by atoms with van der Waals surface area (Å²) < 4.78 is 26.7. The number of halogens is 1. The third-order valence-electron chi connectivity index (χ3n) is 3.75. The second kappa shape index (κ2) is 8.66. The van der Waals surface area contributed by atoms with Crippen molar-refractivity contribution in [3.05, 3.63) is 52.1 Å². The van der Waals surface area contributed by atoms with Crippen LogP contribution in [0.3, 0.4) is 0 Å². The lowest BCUT2D eigenvalue weighted by molar-refractivity contribution is -0.120. The predicted octanol–water partition coefficient (Wildman–Crippen LogP) is 3.45. The first kappa shape index (κ1) is 19.7. The van der Waals surface area contributed by atoms with E-state index in [1.54, 1.807) is 48.5 Å². The molecule has 0 aromatic heterocycles. The molecular weight excluding hydrogens is 451 g/mol. The van der Waals surface area contributed by atoms with E-state index in [0.29, 0.717) is 5.69 Å². The molecule has 0 bridgehead atoms. The lowest BCUT2D eigenvalue weighted by atomic mass is 10.2. The fourth-order valence-corrected chi connectivity index (χ4v) is 4.38. The molecule has 2 rings (SSSR count). The Bertz CT molecular complexity index is 839. The monoisotopic (exact) mass is 472 g/mol. The maximum Gasteiger partial charge on any atom is 0.239 e. The van der Waals surface area contributed by atoms with Crippen molar-refractivity contribution >= 4 is 44.0 Å². The van der Waals surface area contributed by atoms with E-state index in [1.807, 2.05) is 13.8 Å². The molecule has 2 aromatic rings. The number of nitrogens with one attached hydrogen (secondary N) is 2. The van der Waals surface area contributed by atoms with Crippen molar-refractivity contribution in [2.24, 2.45) is 0 Å². The number of rotatable bonds is 7. The molecule has 2 aromatic carbocycles. The Kier molecular flexibility index (Phi) is 6.83. The minimum atomic E-state index is -3.67. The lowest BCUT2D eigenvalue weighted by Gasteiger charge is -2.15. The van der Waals surface area contributed by atoms with E-state index >= 15 is 0 Å². The fourth-order valence-electron chi connectivity index (χ4n) is 2.19. The van der Waals surface area contributed by atoms with Crippen molar-refractivity contribution in [3.63, 3.8) is 0 Å². The highest BCUT2D eigenvalue weighted by molar-refractivity contribution is 14.1. The molecule has 0 radical (unpaired) electrons. The van der Waals surface area contributed by atoms with Gasteiger partial charge in [0.05, 0.1) is 22.0 Å². The van der Waals surface area contributed by atoms with Crippen LogP contribution in [0.25, 0.3) is 0 Å². The van der Waals surface area contributed by atoms with E-state index in [4.69, 9.17) is 0 Å². The van der Waals surface area contributed by atoms with Crippen LogP contribution >= 0.6 is 22.6 Å². The highest BCUT2D eigenvalue weighted by Crippen LogP contribution is 2.29. The number of anilines is 1. The molecule has 0 saturated carbocycles. The zero-order valence-corrected chi connectivity index (χ0v) is 17.1. The summed E-state index contributed by atoms with van der Waals surface area (Å²) in [5, 5.41) is 5.80. The normalized spacial score (nSPS) is 12.4. The third kappa shape index (κ3) is 5.18. The highest BCUT2D eigenvalue weighted by atomic mass is 127. The first-order chi connectivity index (χ1) is 11.8. The molecule has 0 aliphatic carbocycles. The molecule has 2 N–H and O–H groups in total. The summed E-state index contributed by atoms with van der Waals surface area (Å²) in [7, 11) is -3.67. The zero-order chi connectivity index (χ0) is 18.4. The number of sulfone groups is 1. The molecule has 7 heteroatoms. The predicted molar refractivity (Wildman–Crippen MR) is 107 cm³/mol. The van der Waals surface area contributed by atoms with Gasteiger partial charge in [0.1, 0.15) is 0 Å². The molecule has 0 aliphatic heterocycles. The molecule has 0 aliphatic rings. The second-order valence-corrected chi connectivity index (χ2v) is 8.85. The molecule has 0 fully saturated rings. The molecular formula is C18H21IN2O3S. The van der Waals surface area contributed by atoms with Crippen molar-refractivity contribution in [1.29, 1.82) is 0 Å². The Hall–Kier alpha value is -1.61. The van der Waals surface area contributed by atoms with E-state index in [9.17, 15) is 13.2 Å². The van der Waals surface area contributed by atoms with Gasteiger partial charge in [0.25, 0.3) is 0 Å². The Morgan fingerprint density at radius 2 is 1.84 bits per heavy atom. The van der Waals surface area contributed by atoms with Crippen LogP contribution in [0, 0.1) is 3.57 Å². The van der Waals surface area contributed by atoms with Crippen LogP contribution < -0.4 is 10.6 Å². The van der Waals surface area contributed by atoms with Crippen molar-refractivity contribution in [3.8, 4) is 0 Å². The topological polar surface area (TPSA) is 75.3 Å². The number of hydrogen-bond donors (Lipinski definition) is 2. The van der Waals surface area contributed by atoms with Crippen molar-refractivity contribution in [2.75, 3.05) is 11.9 Å². The van der Waals surface area contributed by atoms with E-state index < -0.39 is 9.84 Å². The number of carbonyl (C=O) groups excluding carboxylic acids is 1. The van der Waals surface area contributed by atoms with Crippen LogP contribution in [0.15, 0.2) is 58.3 Å². The standard InChI is InChI=1S/C18H21IN2O3S/c1-3-13(2)21-18(22)12-20-16-10-9-14(19)11-17(16)25(23,24)15-7-5-4-6-8-15/h4-11,13,20H,3,12H2,1-2H3,(H,21,22). The van der Waals surface area contributed by atoms with Crippen molar-refractivity contribution < 1.29 is 13.2 Å². The number of benzene rings is 2. The zero-order valence-electron chi connectivity index (χ0n) is 14.1. The second-order valence-electron chi connectivity index (χ2n) is 5.69. The van der Waals surface area contributed by atoms with Gasteiger partial charge in [0.15, 0.2) is 0 Å². The van der Waals surface area contributed by atoms with Gasteiger partial charge in [0.2, 0.25) is 15.7 Å². The smallest absolute Gasteiger partial charge is 0.239 e. The molecule has 0 spiro atoms. The van der Waals surface area contributed by atoms with E-state index in [-0.39, 0.29) is 28.3 Å². The van der Waals surface area contributed by atoms with Gasteiger partial charge in [0, 0.05) is 9.61 Å².